The van der Waals surface area contributed by atoms with Gasteiger partial charge >= 0.3 is 12.2 Å². The Morgan fingerprint density at radius 2 is 1.85 bits per heavy atom. The average molecular weight is 474 g/mol. The molecule has 1 saturated heterocycles. The quantitative estimate of drug-likeness (QED) is 0.623. The molecule has 1 fully saturated rings. The van der Waals surface area contributed by atoms with Gasteiger partial charge in [-0.15, -0.1) is 5.10 Å². The van der Waals surface area contributed by atoms with Crippen LogP contribution >= 0.6 is 0 Å². The van der Waals surface area contributed by atoms with Crippen LogP contribution in [0, 0.1) is 0 Å². The standard InChI is InChI=1S/C24H35N5O5/c1-18(25-22(30)34-24(2,3)4)15-32-17-20-14-29(27-26-20)21-10-12-28(13-11-21)23(31)33-16-19-8-6-5-7-9-19/h5-9,14,18,21H,10-13,15-17H2,1-4H3,(H,25,30)/t18-/m0/s1. The zero-order valence-electron chi connectivity index (χ0n) is 20.4. The van der Waals surface area contributed by atoms with Gasteiger partial charge in [0, 0.05) is 13.1 Å². The second-order valence-electron chi connectivity index (χ2n) is 9.51. The molecule has 2 heterocycles. The van der Waals surface area contributed by atoms with Crippen molar-refractivity contribution in [1.29, 1.82) is 0 Å². The Kier molecular flexibility index (Phi) is 8.86. The Morgan fingerprint density at radius 3 is 2.53 bits per heavy atom. The zero-order chi connectivity index (χ0) is 24.6. The first-order valence-corrected chi connectivity index (χ1v) is 11.6. The molecular weight excluding hydrogens is 438 g/mol. The van der Waals surface area contributed by atoms with Crippen LogP contribution < -0.4 is 5.32 Å². The summed E-state index contributed by atoms with van der Waals surface area (Å²) in [5.74, 6) is 0. The predicted octanol–water partition coefficient (Wildman–Crippen LogP) is 3.68. The highest BCUT2D eigenvalue weighted by Crippen LogP contribution is 2.22. The third-order valence-corrected chi connectivity index (χ3v) is 5.24. The number of alkyl carbamates (subject to hydrolysis) is 1. The number of rotatable bonds is 8. The fraction of sp³-hybridized carbons (Fsp3) is 0.583. The molecule has 1 aliphatic rings. The molecule has 1 aliphatic heterocycles. The van der Waals surface area contributed by atoms with Crippen LogP contribution in [0.25, 0.3) is 0 Å². The van der Waals surface area contributed by atoms with E-state index in [0.717, 1.165) is 18.4 Å². The first-order chi connectivity index (χ1) is 16.2. The van der Waals surface area contributed by atoms with E-state index >= 15 is 0 Å². The summed E-state index contributed by atoms with van der Waals surface area (Å²) in [6.45, 7) is 9.42. The second kappa shape index (κ2) is 11.8. The number of hydrogen-bond donors (Lipinski definition) is 1. The third-order valence-electron chi connectivity index (χ3n) is 5.24. The van der Waals surface area contributed by atoms with E-state index < -0.39 is 11.7 Å². The van der Waals surface area contributed by atoms with Crippen molar-refractivity contribution in [2.75, 3.05) is 19.7 Å². The van der Waals surface area contributed by atoms with Crippen LogP contribution in [0.1, 0.15) is 57.8 Å². The molecule has 2 aromatic rings. The van der Waals surface area contributed by atoms with Gasteiger partial charge in [0.05, 0.1) is 31.5 Å². The summed E-state index contributed by atoms with van der Waals surface area (Å²) in [6.07, 6.45) is 2.68. The number of nitrogens with zero attached hydrogens (tertiary/aromatic N) is 4. The van der Waals surface area contributed by atoms with E-state index in [2.05, 4.69) is 15.6 Å². The lowest BCUT2D eigenvalue weighted by Gasteiger charge is -2.31. The molecule has 0 unspecified atom stereocenters. The van der Waals surface area contributed by atoms with Crippen LogP contribution in [0.2, 0.25) is 0 Å². The molecule has 0 radical (unpaired) electrons. The van der Waals surface area contributed by atoms with Crippen molar-refractivity contribution in [3.8, 4) is 0 Å². The van der Waals surface area contributed by atoms with Crippen molar-refractivity contribution in [3.05, 3.63) is 47.8 Å². The number of ether oxygens (including phenoxy) is 3. The second-order valence-corrected chi connectivity index (χ2v) is 9.51. The maximum atomic E-state index is 12.3. The van der Waals surface area contributed by atoms with Gasteiger partial charge in [-0.3, -0.25) is 0 Å². The minimum Gasteiger partial charge on any atom is -0.445 e. The summed E-state index contributed by atoms with van der Waals surface area (Å²) >= 11 is 0. The van der Waals surface area contributed by atoms with Gasteiger partial charge in [0.15, 0.2) is 0 Å². The molecule has 1 N–H and O–H groups in total. The van der Waals surface area contributed by atoms with E-state index in [1.807, 2.05) is 68.9 Å². The van der Waals surface area contributed by atoms with Gasteiger partial charge in [-0.2, -0.15) is 0 Å². The largest absolute Gasteiger partial charge is 0.445 e. The molecule has 3 rings (SSSR count). The lowest BCUT2D eigenvalue weighted by atomic mass is 10.1. The van der Waals surface area contributed by atoms with Gasteiger partial charge in [0.2, 0.25) is 0 Å². The van der Waals surface area contributed by atoms with Crippen molar-refractivity contribution in [2.45, 2.75) is 71.4 Å². The molecular formula is C24H35N5O5. The van der Waals surface area contributed by atoms with Crippen molar-refractivity contribution in [2.24, 2.45) is 0 Å². The van der Waals surface area contributed by atoms with Crippen LogP contribution in [0.5, 0.6) is 0 Å². The smallest absolute Gasteiger partial charge is 0.410 e. The number of aromatic nitrogens is 3. The Morgan fingerprint density at radius 1 is 1.15 bits per heavy atom. The Hall–Kier alpha value is -3.14. The summed E-state index contributed by atoms with van der Waals surface area (Å²) in [7, 11) is 0. The molecule has 0 saturated carbocycles. The van der Waals surface area contributed by atoms with Crippen molar-refractivity contribution in [3.63, 3.8) is 0 Å². The number of nitrogens with one attached hydrogen (secondary N) is 1. The van der Waals surface area contributed by atoms with Crippen LogP contribution in [0.15, 0.2) is 36.5 Å². The van der Waals surface area contributed by atoms with E-state index in [4.69, 9.17) is 14.2 Å². The van der Waals surface area contributed by atoms with E-state index in [9.17, 15) is 9.59 Å². The maximum absolute atomic E-state index is 12.3. The minimum atomic E-state index is -0.540. The SMILES string of the molecule is C[C@@H](COCc1cn(C2CCN(C(=O)OCc3ccccc3)CC2)nn1)NC(=O)OC(C)(C)C. The minimum absolute atomic E-state index is 0.173. The monoisotopic (exact) mass is 473 g/mol. The molecule has 186 valence electrons. The van der Waals surface area contributed by atoms with Crippen molar-refractivity contribution in [1.82, 2.24) is 25.2 Å². The number of carbonyl (C=O) groups excluding carboxylic acids is 2. The first kappa shape index (κ1) is 25.5. The Balaban J connectivity index is 1.35. The highest BCUT2D eigenvalue weighted by atomic mass is 16.6. The topological polar surface area (TPSA) is 108 Å². The van der Waals surface area contributed by atoms with E-state index in [0.29, 0.717) is 32.0 Å². The Bertz CT molecular complexity index is 919. The summed E-state index contributed by atoms with van der Waals surface area (Å²) in [6, 6.07) is 9.62. The number of hydrogen-bond acceptors (Lipinski definition) is 7. The zero-order valence-corrected chi connectivity index (χ0v) is 20.4. The van der Waals surface area contributed by atoms with Gasteiger partial charge in [-0.05, 0) is 46.1 Å². The summed E-state index contributed by atoms with van der Waals surface area (Å²) in [5, 5.41) is 11.2. The van der Waals surface area contributed by atoms with Crippen LogP contribution in [0.4, 0.5) is 9.59 Å². The molecule has 34 heavy (non-hydrogen) atoms. The molecule has 10 nitrogen and oxygen atoms in total. The lowest BCUT2D eigenvalue weighted by Crippen LogP contribution is -2.39. The normalized spacial score (nSPS) is 15.6. The van der Waals surface area contributed by atoms with Gasteiger partial charge in [0.25, 0.3) is 0 Å². The Labute approximate surface area is 200 Å². The number of likely N-dealkylation sites (tertiary alicyclic amines) is 1. The molecule has 0 aliphatic carbocycles. The first-order valence-electron chi connectivity index (χ1n) is 11.6. The molecule has 1 aromatic heterocycles. The number of piperidine rings is 1. The third kappa shape index (κ3) is 8.33. The van der Waals surface area contributed by atoms with Gasteiger partial charge in [-0.1, -0.05) is 35.5 Å². The van der Waals surface area contributed by atoms with Gasteiger partial charge in [0.1, 0.15) is 17.9 Å². The summed E-state index contributed by atoms with van der Waals surface area (Å²) < 4.78 is 18.2. The predicted molar refractivity (Wildman–Crippen MR) is 125 cm³/mol. The number of amides is 2. The van der Waals surface area contributed by atoms with Crippen LogP contribution in [-0.4, -0.2) is 63.4 Å². The van der Waals surface area contributed by atoms with E-state index in [-0.39, 0.29) is 24.8 Å². The fourth-order valence-corrected chi connectivity index (χ4v) is 3.57. The molecule has 1 atom stereocenters. The summed E-state index contributed by atoms with van der Waals surface area (Å²) in [5.41, 5.74) is 1.15. The fourth-order valence-electron chi connectivity index (χ4n) is 3.57. The lowest BCUT2D eigenvalue weighted by molar-refractivity contribution is 0.0440. The molecule has 2 amide bonds. The summed E-state index contributed by atoms with van der Waals surface area (Å²) in [4.78, 5) is 25.9. The van der Waals surface area contributed by atoms with Crippen molar-refractivity contribution >= 4 is 12.2 Å². The average Bonchev–Trinajstić information content (AvgIpc) is 3.26. The molecule has 0 bridgehead atoms. The number of benzene rings is 1. The van der Waals surface area contributed by atoms with E-state index in [1.54, 1.807) is 4.90 Å². The molecule has 10 heteroatoms. The van der Waals surface area contributed by atoms with Crippen LogP contribution in [0.3, 0.4) is 0 Å². The molecule has 0 spiro atoms. The molecule has 1 aromatic carbocycles. The van der Waals surface area contributed by atoms with E-state index in [1.165, 1.54) is 0 Å². The van der Waals surface area contributed by atoms with Crippen LogP contribution in [-0.2, 0) is 27.4 Å². The van der Waals surface area contributed by atoms with Crippen molar-refractivity contribution < 1.29 is 23.8 Å². The highest BCUT2D eigenvalue weighted by molar-refractivity contribution is 5.68. The number of carbonyl (C=O) groups is 2. The van der Waals surface area contributed by atoms with Gasteiger partial charge < -0.3 is 24.4 Å². The van der Waals surface area contributed by atoms with Gasteiger partial charge in [-0.25, -0.2) is 14.3 Å². The highest BCUT2D eigenvalue weighted by Gasteiger charge is 2.25. The maximum Gasteiger partial charge on any atom is 0.410 e.